The zero-order valence-corrected chi connectivity index (χ0v) is 13.7. The van der Waals surface area contributed by atoms with Crippen LogP contribution in [-0.4, -0.2) is 22.1 Å². The first-order valence-corrected chi connectivity index (χ1v) is 7.37. The number of aryl methyl sites for hydroxylation is 1. The van der Waals surface area contributed by atoms with Crippen molar-refractivity contribution in [3.63, 3.8) is 0 Å². The summed E-state index contributed by atoms with van der Waals surface area (Å²) >= 11 is 11.1. The molecule has 0 saturated heterocycles. The van der Waals surface area contributed by atoms with E-state index in [-0.39, 0.29) is 16.6 Å². The fourth-order valence-corrected chi connectivity index (χ4v) is 2.24. The zero-order chi connectivity index (χ0) is 17.0. The molecule has 23 heavy (non-hydrogen) atoms. The number of nitrogens with one attached hydrogen (secondary N) is 2. The molecule has 3 N–H and O–H groups in total. The quantitative estimate of drug-likeness (QED) is 0.740. The Morgan fingerprint density at radius 3 is 2.52 bits per heavy atom. The third-order valence-electron chi connectivity index (χ3n) is 2.97. The summed E-state index contributed by atoms with van der Waals surface area (Å²) in [5, 5.41) is 14.6. The molecule has 0 bridgehead atoms. The largest absolute Gasteiger partial charge is 0.478 e. The average Bonchev–Trinajstić information content (AvgIpc) is 2.49. The number of anilines is 1. The normalized spacial score (nSPS) is 10.0. The van der Waals surface area contributed by atoms with Gasteiger partial charge < -0.3 is 10.4 Å². The van der Waals surface area contributed by atoms with Crippen LogP contribution in [0.2, 0.25) is 5.02 Å². The van der Waals surface area contributed by atoms with E-state index in [4.69, 9.17) is 28.9 Å². The van der Waals surface area contributed by atoms with E-state index in [1.807, 2.05) is 13.0 Å². The first-order valence-electron chi connectivity index (χ1n) is 6.58. The van der Waals surface area contributed by atoms with Crippen molar-refractivity contribution in [1.29, 1.82) is 0 Å². The Morgan fingerprint density at radius 1 is 1.13 bits per heavy atom. The lowest BCUT2D eigenvalue weighted by molar-refractivity contribution is 0.0696. The lowest BCUT2D eigenvalue weighted by Gasteiger charge is -2.11. The van der Waals surface area contributed by atoms with Crippen LogP contribution in [0.4, 0.5) is 5.69 Å². The van der Waals surface area contributed by atoms with Crippen LogP contribution in [-0.2, 0) is 0 Å². The average molecular weight is 349 g/mol. The summed E-state index contributed by atoms with van der Waals surface area (Å²) in [5.41, 5.74) is 1.79. The van der Waals surface area contributed by atoms with E-state index in [1.165, 1.54) is 18.2 Å². The fourth-order valence-electron chi connectivity index (χ4n) is 1.87. The van der Waals surface area contributed by atoms with Gasteiger partial charge >= 0.3 is 5.97 Å². The summed E-state index contributed by atoms with van der Waals surface area (Å²) in [5.74, 6) is -1.45. The highest BCUT2D eigenvalue weighted by atomic mass is 35.5. The van der Waals surface area contributed by atoms with Gasteiger partial charge in [-0.25, -0.2) is 4.79 Å². The predicted molar refractivity (Wildman–Crippen MR) is 93.3 cm³/mol. The van der Waals surface area contributed by atoms with Gasteiger partial charge in [-0.1, -0.05) is 29.3 Å². The summed E-state index contributed by atoms with van der Waals surface area (Å²) in [6, 6.07) is 11.2. The van der Waals surface area contributed by atoms with Gasteiger partial charge in [0.15, 0.2) is 5.11 Å². The van der Waals surface area contributed by atoms with Crippen molar-refractivity contribution < 1.29 is 14.7 Å². The van der Waals surface area contributed by atoms with Crippen LogP contribution < -0.4 is 10.6 Å². The second kappa shape index (κ2) is 7.21. The van der Waals surface area contributed by atoms with Gasteiger partial charge in [0.05, 0.1) is 16.3 Å². The van der Waals surface area contributed by atoms with Gasteiger partial charge in [0.2, 0.25) is 0 Å². The predicted octanol–water partition coefficient (Wildman–Crippen LogP) is 3.47. The summed E-state index contributed by atoms with van der Waals surface area (Å²) in [4.78, 5) is 23.1. The minimum Gasteiger partial charge on any atom is -0.478 e. The van der Waals surface area contributed by atoms with Crippen molar-refractivity contribution in [2.45, 2.75) is 6.92 Å². The molecule has 0 aromatic heterocycles. The second-order valence-corrected chi connectivity index (χ2v) is 5.59. The van der Waals surface area contributed by atoms with Crippen molar-refractivity contribution in [3.8, 4) is 0 Å². The minimum atomic E-state index is -1.08. The number of carbonyl (C=O) groups excluding carboxylic acids is 1. The number of carboxylic acid groups (broad SMARTS) is 1. The van der Waals surface area contributed by atoms with Gasteiger partial charge in [0, 0.05) is 5.56 Å². The maximum absolute atomic E-state index is 12.1. The Labute approximate surface area is 143 Å². The molecule has 1 amide bonds. The van der Waals surface area contributed by atoms with Gasteiger partial charge in [-0.15, -0.1) is 0 Å². The van der Waals surface area contributed by atoms with Gasteiger partial charge in [0.25, 0.3) is 5.91 Å². The number of thiocarbonyl (C=S) groups is 1. The van der Waals surface area contributed by atoms with Crippen LogP contribution in [0, 0.1) is 6.92 Å². The summed E-state index contributed by atoms with van der Waals surface area (Å²) in [7, 11) is 0. The molecule has 0 saturated carbocycles. The fraction of sp³-hybridized carbons (Fsp3) is 0.0625. The molecule has 5 nitrogen and oxygen atoms in total. The topological polar surface area (TPSA) is 78.4 Å². The lowest BCUT2D eigenvalue weighted by atomic mass is 10.1. The molecule has 7 heteroatoms. The third kappa shape index (κ3) is 4.51. The molecule has 0 fully saturated rings. The lowest BCUT2D eigenvalue weighted by Crippen LogP contribution is -2.34. The Kier molecular flexibility index (Phi) is 5.31. The number of benzene rings is 2. The Morgan fingerprint density at radius 2 is 1.87 bits per heavy atom. The number of amides is 1. The summed E-state index contributed by atoms with van der Waals surface area (Å²) in [6.45, 7) is 1.88. The summed E-state index contributed by atoms with van der Waals surface area (Å²) < 4.78 is 0. The van der Waals surface area contributed by atoms with E-state index in [2.05, 4.69) is 10.6 Å². The summed E-state index contributed by atoms with van der Waals surface area (Å²) in [6.07, 6.45) is 0. The van der Waals surface area contributed by atoms with Crippen molar-refractivity contribution in [2.75, 3.05) is 5.32 Å². The van der Waals surface area contributed by atoms with Crippen molar-refractivity contribution >= 4 is 46.5 Å². The Bertz CT molecular complexity index is 793. The van der Waals surface area contributed by atoms with Crippen LogP contribution in [0.5, 0.6) is 0 Å². The Hall–Kier alpha value is -2.44. The molecule has 0 radical (unpaired) electrons. The molecule has 2 aromatic carbocycles. The highest BCUT2D eigenvalue weighted by molar-refractivity contribution is 7.80. The van der Waals surface area contributed by atoms with Crippen LogP contribution in [0.3, 0.4) is 0 Å². The van der Waals surface area contributed by atoms with Gasteiger partial charge in [-0.3, -0.25) is 10.1 Å². The van der Waals surface area contributed by atoms with Crippen molar-refractivity contribution in [2.24, 2.45) is 0 Å². The van der Waals surface area contributed by atoms with E-state index in [9.17, 15) is 9.59 Å². The molecule has 0 atom stereocenters. The number of aromatic carboxylic acids is 1. The van der Waals surface area contributed by atoms with Crippen LogP contribution in [0.1, 0.15) is 26.3 Å². The monoisotopic (exact) mass is 348 g/mol. The highest BCUT2D eigenvalue weighted by Crippen LogP contribution is 2.23. The van der Waals surface area contributed by atoms with Crippen molar-refractivity contribution in [1.82, 2.24) is 5.32 Å². The molecule has 0 aliphatic heterocycles. The number of carbonyl (C=O) groups is 2. The minimum absolute atomic E-state index is 0.0287. The van der Waals surface area contributed by atoms with Gasteiger partial charge in [-0.05, 0) is 49.5 Å². The molecule has 0 heterocycles. The maximum Gasteiger partial charge on any atom is 0.335 e. The number of hydrogen-bond donors (Lipinski definition) is 3. The third-order valence-corrected chi connectivity index (χ3v) is 3.50. The number of hydrogen-bond acceptors (Lipinski definition) is 3. The Balaban J connectivity index is 2.09. The molecular formula is C16H13ClN2O3S. The molecule has 118 valence electrons. The van der Waals surface area contributed by atoms with Gasteiger partial charge in [-0.2, -0.15) is 0 Å². The van der Waals surface area contributed by atoms with E-state index in [1.54, 1.807) is 18.2 Å². The van der Waals surface area contributed by atoms with E-state index in [0.717, 1.165) is 5.56 Å². The molecule has 0 aliphatic rings. The SMILES string of the molecule is Cc1cccc(C(=O)NC(=S)Nc2cc(C(=O)O)ccc2Cl)c1. The number of carboxylic acids is 1. The molecule has 2 aromatic rings. The standard InChI is InChI=1S/C16H13ClN2O3S/c1-9-3-2-4-10(7-9)14(20)19-16(23)18-13-8-11(15(21)22)5-6-12(13)17/h2-8H,1H3,(H,21,22)(H2,18,19,20,23). The maximum atomic E-state index is 12.1. The van der Waals surface area contributed by atoms with Crippen molar-refractivity contribution in [3.05, 3.63) is 64.2 Å². The molecule has 0 spiro atoms. The van der Waals surface area contributed by atoms with E-state index < -0.39 is 5.97 Å². The highest BCUT2D eigenvalue weighted by Gasteiger charge is 2.11. The first-order chi connectivity index (χ1) is 10.9. The molecular weight excluding hydrogens is 336 g/mol. The number of halogens is 1. The van der Waals surface area contributed by atoms with Gasteiger partial charge in [0.1, 0.15) is 0 Å². The van der Waals surface area contributed by atoms with E-state index in [0.29, 0.717) is 16.3 Å². The van der Waals surface area contributed by atoms with E-state index >= 15 is 0 Å². The number of rotatable bonds is 3. The molecule has 2 rings (SSSR count). The van der Waals surface area contributed by atoms with Crippen LogP contribution in [0.15, 0.2) is 42.5 Å². The molecule has 0 unspecified atom stereocenters. The molecule has 0 aliphatic carbocycles. The second-order valence-electron chi connectivity index (χ2n) is 4.78. The first kappa shape index (κ1) is 16.9. The van der Waals surface area contributed by atoms with Crippen LogP contribution >= 0.6 is 23.8 Å². The zero-order valence-electron chi connectivity index (χ0n) is 12.1. The van der Waals surface area contributed by atoms with Crippen LogP contribution in [0.25, 0.3) is 0 Å². The smallest absolute Gasteiger partial charge is 0.335 e.